The second-order valence-electron chi connectivity index (χ2n) is 10.3. The van der Waals surface area contributed by atoms with E-state index in [-0.39, 0.29) is 11.6 Å². The van der Waals surface area contributed by atoms with E-state index in [1.165, 1.54) is 24.1 Å². The summed E-state index contributed by atoms with van der Waals surface area (Å²) in [5, 5.41) is 14.1. The maximum absolute atomic E-state index is 13.6. The number of aromatic nitrogens is 5. The number of hydrogen-bond acceptors (Lipinski definition) is 6. The summed E-state index contributed by atoms with van der Waals surface area (Å²) in [6.07, 6.45) is 4.55. The van der Waals surface area contributed by atoms with Gasteiger partial charge in [0.25, 0.3) is 5.56 Å². The summed E-state index contributed by atoms with van der Waals surface area (Å²) in [5.41, 5.74) is 5.05. The van der Waals surface area contributed by atoms with Crippen molar-refractivity contribution in [3.8, 4) is 0 Å². The predicted molar refractivity (Wildman–Crippen MR) is 141 cm³/mol. The van der Waals surface area contributed by atoms with Crippen LogP contribution in [-0.4, -0.2) is 56.3 Å². The van der Waals surface area contributed by atoms with Gasteiger partial charge in [0.05, 0.1) is 11.6 Å². The molecule has 0 amide bonds. The molecule has 2 aromatic carbocycles. The summed E-state index contributed by atoms with van der Waals surface area (Å²) in [5.74, 6) is 0.782. The molecule has 3 heterocycles. The van der Waals surface area contributed by atoms with Gasteiger partial charge in [-0.2, -0.15) is 0 Å². The third-order valence-corrected chi connectivity index (χ3v) is 7.85. The van der Waals surface area contributed by atoms with Gasteiger partial charge in [0.2, 0.25) is 0 Å². The van der Waals surface area contributed by atoms with Gasteiger partial charge in [-0.15, -0.1) is 5.10 Å². The first-order valence-corrected chi connectivity index (χ1v) is 13.0. The van der Waals surface area contributed by atoms with Crippen molar-refractivity contribution in [1.29, 1.82) is 0 Å². The van der Waals surface area contributed by atoms with Gasteiger partial charge in [-0.3, -0.25) is 9.69 Å². The first-order valence-electron chi connectivity index (χ1n) is 13.0. The van der Waals surface area contributed by atoms with Gasteiger partial charge in [-0.05, 0) is 72.3 Å². The van der Waals surface area contributed by atoms with Gasteiger partial charge >= 0.3 is 0 Å². The summed E-state index contributed by atoms with van der Waals surface area (Å²) in [6.45, 7) is 7.55. The highest BCUT2D eigenvalue weighted by molar-refractivity contribution is 5.83. The van der Waals surface area contributed by atoms with Crippen molar-refractivity contribution >= 4 is 16.6 Å². The molecule has 8 nitrogen and oxygen atoms in total. The van der Waals surface area contributed by atoms with Crippen molar-refractivity contribution in [1.82, 2.24) is 30.1 Å². The smallest absolute Gasteiger partial charge is 0.253 e. The Kier molecular flexibility index (Phi) is 6.05. The van der Waals surface area contributed by atoms with Crippen LogP contribution in [0, 0.1) is 13.8 Å². The largest absolute Gasteiger partial charge is 0.369 e. The molecule has 0 bridgehead atoms. The minimum Gasteiger partial charge on any atom is -0.369 e. The third kappa shape index (κ3) is 4.19. The molecule has 2 aliphatic rings. The van der Waals surface area contributed by atoms with Crippen LogP contribution in [0.3, 0.4) is 0 Å². The zero-order chi connectivity index (χ0) is 24.6. The van der Waals surface area contributed by atoms with Gasteiger partial charge < -0.3 is 9.88 Å². The van der Waals surface area contributed by atoms with Crippen molar-refractivity contribution < 1.29 is 0 Å². The topological polar surface area (TPSA) is 82.9 Å². The number of fused-ring (bicyclic) bond motifs is 1. The number of aromatic amines is 1. The molecule has 1 aliphatic carbocycles. The van der Waals surface area contributed by atoms with Crippen molar-refractivity contribution in [2.45, 2.75) is 51.6 Å². The van der Waals surface area contributed by atoms with E-state index in [0.717, 1.165) is 66.9 Å². The molecule has 1 saturated carbocycles. The first kappa shape index (κ1) is 22.9. The van der Waals surface area contributed by atoms with Crippen LogP contribution >= 0.6 is 0 Å². The molecule has 1 N–H and O–H groups in total. The summed E-state index contributed by atoms with van der Waals surface area (Å²) in [4.78, 5) is 21.6. The molecule has 36 heavy (non-hydrogen) atoms. The second kappa shape index (κ2) is 9.50. The van der Waals surface area contributed by atoms with E-state index >= 15 is 0 Å². The summed E-state index contributed by atoms with van der Waals surface area (Å²) in [7, 11) is 0. The van der Waals surface area contributed by atoms with Crippen LogP contribution in [0.4, 0.5) is 5.69 Å². The van der Waals surface area contributed by atoms with Crippen molar-refractivity contribution in [2.75, 3.05) is 31.1 Å². The Hall–Kier alpha value is -3.52. The fourth-order valence-corrected chi connectivity index (χ4v) is 6.07. The first-order chi connectivity index (χ1) is 17.6. The molecular weight excluding hydrogens is 450 g/mol. The number of anilines is 1. The highest BCUT2D eigenvalue weighted by Crippen LogP contribution is 2.34. The minimum absolute atomic E-state index is 0.0640. The number of nitrogens with one attached hydrogen (secondary N) is 1. The number of tetrazole rings is 1. The summed E-state index contributed by atoms with van der Waals surface area (Å²) >= 11 is 0. The highest BCUT2D eigenvalue weighted by atomic mass is 16.1. The maximum atomic E-state index is 13.6. The highest BCUT2D eigenvalue weighted by Gasteiger charge is 2.34. The standard InChI is InChI=1S/C28H33N7O/c1-19-16-20(2)25-21(17-19)18-24(28(36)29-25)26(27-30-31-32-35(27)23-10-6-7-11-23)34-14-12-33(13-15-34)22-8-4-3-5-9-22/h3-5,8-9,16-18,23,26H,6-7,10-15H2,1-2H3,(H,29,36). The van der Waals surface area contributed by atoms with Gasteiger partial charge in [0.15, 0.2) is 5.82 Å². The molecule has 6 rings (SSSR count). The molecular formula is C28H33N7O. The van der Waals surface area contributed by atoms with E-state index < -0.39 is 0 Å². The van der Waals surface area contributed by atoms with Crippen LogP contribution in [0.2, 0.25) is 0 Å². The predicted octanol–water partition coefficient (Wildman–Crippen LogP) is 4.16. The fraction of sp³-hybridized carbons (Fsp3) is 0.429. The second-order valence-corrected chi connectivity index (χ2v) is 10.3. The lowest BCUT2D eigenvalue weighted by Gasteiger charge is -2.39. The van der Waals surface area contributed by atoms with E-state index in [1.54, 1.807) is 0 Å². The Bertz CT molecular complexity index is 1410. The Balaban J connectivity index is 1.42. The van der Waals surface area contributed by atoms with Crippen LogP contribution in [-0.2, 0) is 0 Å². The van der Waals surface area contributed by atoms with E-state index in [2.05, 4.69) is 79.7 Å². The number of nitrogens with zero attached hydrogens (tertiary/aromatic N) is 6. The van der Waals surface area contributed by atoms with Gasteiger partial charge in [0.1, 0.15) is 6.04 Å². The van der Waals surface area contributed by atoms with Crippen LogP contribution in [0.25, 0.3) is 10.9 Å². The number of benzene rings is 2. The molecule has 1 aliphatic heterocycles. The third-order valence-electron chi connectivity index (χ3n) is 7.85. The zero-order valence-corrected chi connectivity index (χ0v) is 21.0. The number of H-pyrrole nitrogens is 1. The quantitative estimate of drug-likeness (QED) is 0.459. The van der Waals surface area contributed by atoms with E-state index in [9.17, 15) is 4.79 Å². The van der Waals surface area contributed by atoms with Crippen LogP contribution in [0.15, 0.2) is 53.3 Å². The van der Waals surface area contributed by atoms with E-state index in [4.69, 9.17) is 0 Å². The van der Waals surface area contributed by atoms with Gasteiger partial charge in [-0.1, -0.05) is 42.7 Å². The van der Waals surface area contributed by atoms with E-state index in [0.29, 0.717) is 6.04 Å². The number of rotatable bonds is 5. The Morgan fingerprint density at radius 3 is 2.47 bits per heavy atom. The lowest BCUT2D eigenvalue weighted by atomic mass is 10.00. The Morgan fingerprint density at radius 2 is 1.72 bits per heavy atom. The normalized spacial score (nSPS) is 18.2. The molecule has 0 radical (unpaired) electrons. The van der Waals surface area contributed by atoms with Crippen molar-refractivity contribution in [3.63, 3.8) is 0 Å². The average Bonchev–Trinajstić information content (AvgIpc) is 3.58. The fourth-order valence-electron chi connectivity index (χ4n) is 6.07. The van der Waals surface area contributed by atoms with Gasteiger partial charge in [-0.25, -0.2) is 4.68 Å². The number of hydrogen-bond donors (Lipinski definition) is 1. The molecule has 1 saturated heterocycles. The summed E-state index contributed by atoms with van der Waals surface area (Å²) in [6, 6.07) is 16.9. The molecule has 186 valence electrons. The Labute approximate surface area is 210 Å². The number of pyridine rings is 1. The number of para-hydroxylation sites is 1. The van der Waals surface area contributed by atoms with Gasteiger partial charge in [0, 0.05) is 37.4 Å². The lowest BCUT2D eigenvalue weighted by Crippen LogP contribution is -2.49. The maximum Gasteiger partial charge on any atom is 0.253 e. The average molecular weight is 484 g/mol. The Morgan fingerprint density at radius 1 is 0.972 bits per heavy atom. The van der Waals surface area contributed by atoms with E-state index in [1.807, 2.05) is 17.7 Å². The minimum atomic E-state index is -0.299. The number of piperazine rings is 1. The van der Waals surface area contributed by atoms with Crippen LogP contribution < -0.4 is 10.5 Å². The zero-order valence-electron chi connectivity index (χ0n) is 21.0. The molecule has 2 fully saturated rings. The number of aryl methyl sites for hydroxylation is 2. The SMILES string of the molecule is Cc1cc(C)c2[nH]c(=O)c(C(c3nnnn3C3CCCC3)N3CCN(c4ccccc4)CC3)cc2c1. The van der Waals surface area contributed by atoms with Crippen molar-refractivity contribution in [2.24, 2.45) is 0 Å². The van der Waals surface area contributed by atoms with Crippen LogP contribution in [0.5, 0.6) is 0 Å². The van der Waals surface area contributed by atoms with Crippen molar-refractivity contribution in [3.05, 3.63) is 81.4 Å². The molecule has 1 atom stereocenters. The summed E-state index contributed by atoms with van der Waals surface area (Å²) < 4.78 is 2.01. The van der Waals surface area contributed by atoms with Crippen LogP contribution in [0.1, 0.15) is 60.3 Å². The molecule has 4 aromatic rings. The molecule has 8 heteroatoms. The monoisotopic (exact) mass is 483 g/mol. The molecule has 1 unspecified atom stereocenters. The lowest BCUT2D eigenvalue weighted by molar-refractivity contribution is 0.197. The molecule has 2 aromatic heterocycles. The molecule has 0 spiro atoms.